The van der Waals surface area contributed by atoms with Crippen molar-refractivity contribution >= 4 is 5.82 Å². The van der Waals surface area contributed by atoms with Crippen LogP contribution in [0.1, 0.15) is 17.6 Å². The fourth-order valence-corrected chi connectivity index (χ4v) is 0.918. The minimum absolute atomic E-state index is 0.392. The fourth-order valence-electron chi connectivity index (χ4n) is 0.918. The van der Waals surface area contributed by atoms with Crippen LogP contribution in [0.25, 0.3) is 0 Å². The average molecular weight is 185 g/mol. The Labute approximate surface area is 71.6 Å². The Balaban J connectivity index is 3.50. The van der Waals surface area contributed by atoms with Gasteiger partial charge in [0, 0.05) is 6.07 Å². The summed E-state index contributed by atoms with van der Waals surface area (Å²) < 4.78 is 24.5. The van der Waals surface area contributed by atoms with Gasteiger partial charge in [-0.2, -0.15) is 5.26 Å². The Morgan fingerprint density at radius 2 is 2.23 bits per heavy atom. The molecule has 0 bridgehead atoms. The van der Waals surface area contributed by atoms with Crippen molar-refractivity contribution in [3.05, 3.63) is 27.5 Å². The van der Waals surface area contributed by atoms with Gasteiger partial charge in [0.15, 0.2) is 0 Å². The molecule has 0 aliphatic carbocycles. The number of pyridine rings is 1. The lowest BCUT2D eigenvalue weighted by molar-refractivity contribution is 0.151. The predicted octanol–water partition coefficient (Wildman–Crippen LogP) is 0.766. The summed E-state index contributed by atoms with van der Waals surface area (Å²) in [6, 6.07) is 2.27. The first kappa shape index (κ1) is 9.19. The van der Waals surface area contributed by atoms with E-state index in [1.54, 1.807) is 0 Å². The number of rotatable bonds is 1. The molecule has 0 aliphatic heterocycles. The Kier molecular flexibility index (Phi) is 2.28. The summed E-state index contributed by atoms with van der Waals surface area (Å²) in [6.07, 6.45) is -2.87. The van der Waals surface area contributed by atoms with Gasteiger partial charge >= 0.3 is 0 Å². The van der Waals surface area contributed by atoms with Crippen LogP contribution in [-0.4, -0.2) is 4.98 Å². The van der Waals surface area contributed by atoms with Crippen molar-refractivity contribution in [1.29, 1.82) is 5.26 Å². The van der Waals surface area contributed by atoms with E-state index >= 15 is 0 Å². The number of nitrogen functional groups attached to an aromatic ring is 1. The highest BCUT2D eigenvalue weighted by Gasteiger charge is 2.17. The number of nitrogens with zero attached hydrogens (tertiary/aromatic N) is 1. The van der Waals surface area contributed by atoms with Gasteiger partial charge in [0.1, 0.15) is 5.82 Å². The van der Waals surface area contributed by atoms with E-state index in [0.29, 0.717) is 0 Å². The molecule has 4 nitrogen and oxygen atoms in total. The van der Waals surface area contributed by atoms with Gasteiger partial charge in [-0.05, 0) is 0 Å². The van der Waals surface area contributed by atoms with Crippen LogP contribution in [-0.2, 0) is 0 Å². The van der Waals surface area contributed by atoms with Crippen molar-refractivity contribution in [2.45, 2.75) is 6.43 Å². The predicted molar refractivity (Wildman–Crippen MR) is 41.1 cm³/mol. The number of alkyl halides is 2. The topological polar surface area (TPSA) is 82.7 Å². The maximum absolute atomic E-state index is 12.3. The second-order valence-electron chi connectivity index (χ2n) is 2.29. The molecular weight excluding hydrogens is 180 g/mol. The molecule has 6 heteroatoms. The molecule has 1 aromatic rings. The summed E-state index contributed by atoms with van der Waals surface area (Å²) in [6.45, 7) is 0. The van der Waals surface area contributed by atoms with Crippen molar-refractivity contribution in [1.82, 2.24) is 4.98 Å². The first-order valence-electron chi connectivity index (χ1n) is 3.27. The van der Waals surface area contributed by atoms with Gasteiger partial charge in [0.25, 0.3) is 12.0 Å². The molecule has 0 aliphatic rings. The summed E-state index contributed by atoms with van der Waals surface area (Å²) >= 11 is 0. The van der Waals surface area contributed by atoms with Crippen molar-refractivity contribution in [3.63, 3.8) is 0 Å². The third-order valence-corrected chi connectivity index (χ3v) is 1.45. The van der Waals surface area contributed by atoms with Crippen molar-refractivity contribution < 1.29 is 8.78 Å². The van der Waals surface area contributed by atoms with Crippen LogP contribution in [0.2, 0.25) is 0 Å². The average Bonchev–Trinajstić information content (AvgIpc) is 2.01. The molecule has 0 amide bonds. The SMILES string of the molecule is N#Cc1cc(=O)[nH]c(N)c1C(F)F. The number of nitrogens with one attached hydrogen (secondary N) is 1. The molecule has 68 valence electrons. The summed E-state index contributed by atoms with van der Waals surface area (Å²) in [5.74, 6) is -0.459. The standard InChI is InChI=1S/C7H5F2N3O/c8-6(9)5-3(2-10)1-4(13)12-7(5)11/h1,6H,(H3,11,12,13). The van der Waals surface area contributed by atoms with E-state index < -0.39 is 28.9 Å². The van der Waals surface area contributed by atoms with Crippen molar-refractivity contribution in [3.8, 4) is 6.07 Å². The zero-order valence-electron chi connectivity index (χ0n) is 6.34. The van der Waals surface area contributed by atoms with Crippen LogP contribution in [0.5, 0.6) is 0 Å². The molecular formula is C7H5F2N3O. The highest BCUT2D eigenvalue weighted by Crippen LogP contribution is 2.25. The van der Waals surface area contributed by atoms with Crippen LogP contribution >= 0.6 is 0 Å². The zero-order valence-corrected chi connectivity index (χ0v) is 6.34. The van der Waals surface area contributed by atoms with E-state index in [9.17, 15) is 13.6 Å². The molecule has 0 unspecified atom stereocenters. The smallest absolute Gasteiger partial charge is 0.268 e. The maximum atomic E-state index is 12.3. The minimum Gasteiger partial charge on any atom is -0.385 e. The zero-order chi connectivity index (χ0) is 10.0. The number of nitrogens with two attached hydrogens (primary N) is 1. The number of hydrogen-bond donors (Lipinski definition) is 2. The molecule has 1 aromatic heterocycles. The van der Waals surface area contributed by atoms with Gasteiger partial charge in [-0.25, -0.2) is 8.78 Å². The van der Waals surface area contributed by atoms with Gasteiger partial charge in [-0.1, -0.05) is 0 Å². The van der Waals surface area contributed by atoms with Crippen LogP contribution in [0.15, 0.2) is 10.9 Å². The maximum Gasteiger partial charge on any atom is 0.268 e. The number of H-pyrrole nitrogens is 1. The third kappa shape index (κ3) is 1.64. The summed E-state index contributed by atoms with van der Waals surface area (Å²) in [5.41, 5.74) is 3.43. The van der Waals surface area contributed by atoms with E-state index in [2.05, 4.69) is 0 Å². The second-order valence-corrected chi connectivity index (χ2v) is 2.29. The van der Waals surface area contributed by atoms with Gasteiger partial charge < -0.3 is 10.7 Å². The second kappa shape index (κ2) is 3.23. The van der Waals surface area contributed by atoms with E-state index in [1.165, 1.54) is 6.07 Å². The highest BCUT2D eigenvalue weighted by molar-refractivity contribution is 5.50. The third-order valence-electron chi connectivity index (χ3n) is 1.45. The Morgan fingerprint density at radius 3 is 2.69 bits per heavy atom. The molecule has 0 aromatic carbocycles. The number of hydrogen-bond acceptors (Lipinski definition) is 3. The van der Waals surface area contributed by atoms with Crippen molar-refractivity contribution in [2.75, 3.05) is 5.73 Å². The lowest BCUT2D eigenvalue weighted by Gasteiger charge is -2.04. The Morgan fingerprint density at radius 1 is 1.62 bits per heavy atom. The van der Waals surface area contributed by atoms with E-state index in [4.69, 9.17) is 11.0 Å². The number of anilines is 1. The molecule has 13 heavy (non-hydrogen) atoms. The Bertz CT molecular complexity index is 419. The number of halogens is 2. The lowest BCUT2D eigenvalue weighted by atomic mass is 10.1. The molecule has 1 rings (SSSR count). The van der Waals surface area contributed by atoms with Gasteiger partial charge in [-0.15, -0.1) is 0 Å². The lowest BCUT2D eigenvalue weighted by Crippen LogP contribution is -2.12. The number of aromatic nitrogens is 1. The number of aromatic amines is 1. The molecule has 0 spiro atoms. The van der Waals surface area contributed by atoms with E-state index in [-0.39, 0.29) is 0 Å². The van der Waals surface area contributed by atoms with E-state index in [0.717, 1.165) is 6.07 Å². The molecule has 0 radical (unpaired) electrons. The first-order valence-corrected chi connectivity index (χ1v) is 3.27. The minimum atomic E-state index is -2.87. The Hall–Kier alpha value is -1.90. The van der Waals surface area contributed by atoms with Crippen molar-refractivity contribution in [2.24, 2.45) is 0 Å². The molecule has 0 saturated carbocycles. The summed E-state index contributed by atoms with van der Waals surface area (Å²) in [7, 11) is 0. The first-order chi connectivity index (χ1) is 6.06. The van der Waals surface area contributed by atoms with Gasteiger partial charge in [-0.3, -0.25) is 4.79 Å². The largest absolute Gasteiger partial charge is 0.385 e. The van der Waals surface area contributed by atoms with Crippen LogP contribution in [0, 0.1) is 11.3 Å². The summed E-state index contributed by atoms with van der Waals surface area (Å²) in [5, 5.41) is 8.42. The van der Waals surface area contributed by atoms with Gasteiger partial charge in [0.2, 0.25) is 0 Å². The van der Waals surface area contributed by atoms with Gasteiger partial charge in [0.05, 0.1) is 17.2 Å². The normalized spacial score (nSPS) is 10.0. The highest BCUT2D eigenvalue weighted by atomic mass is 19.3. The molecule has 0 atom stereocenters. The molecule has 0 saturated heterocycles. The van der Waals surface area contributed by atoms with Crippen LogP contribution in [0.3, 0.4) is 0 Å². The molecule has 0 fully saturated rings. The van der Waals surface area contributed by atoms with Crippen LogP contribution in [0.4, 0.5) is 14.6 Å². The number of nitriles is 1. The monoisotopic (exact) mass is 185 g/mol. The van der Waals surface area contributed by atoms with E-state index in [1.807, 2.05) is 4.98 Å². The van der Waals surface area contributed by atoms with Crippen LogP contribution < -0.4 is 11.3 Å². The quantitative estimate of drug-likeness (QED) is 0.677. The fraction of sp³-hybridized carbons (Fsp3) is 0.143. The summed E-state index contributed by atoms with van der Waals surface area (Å²) in [4.78, 5) is 12.7. The molecule has 3 N–H and O–H groups in total. The molecule has 1 heterocycles.